The van der Waals surface area contributed by atoms with Crippen LogP contribution in [0.1, 0.15) is 33.1 Å². The molecule has 0 rings (SSSR count). The number of halogens is 1. The molecule has 5 heteroatoms. The van der Waals surface area contributed by atoms with Crippen LogP contribution in [0, 0.1) is 0 Å². The average molecular weight is 281 g/mol. The van der Waals surface area contributed by atoms with Crippen LogP contribution in [0.2, 0.25) is 0 Å². The Kier molecular flexibility index (Phi) is 26.8. The molecule has 110 valence electrons. The molecular formula is C13H29ClN2O2. The Balaban J connectivity index is -0.000000200. The van der Waals surface area contributed by atoms with Gasteiger partial charge in [0.1, 0.15) is 0 Å². The van der Waals surface area contributed by atoms with Crippen LogP contribution in [0.3, 0.4) is 0 Å². The number of nitrogens with zero attached hydrogens (tertiary/aromatic N) is 1. The van der Waals surface area contributed by atoms with Crippen LogP contribution in [0.4, 0.5) is 0 Å². The van der Waals surface area contributed by atoms with Gasteiger partial charge in [-0.1, -0.05) is 19.8 Å². The van der Waals surface area contributed by atoms with E-state index in [-0.39, 0.29) is 0 Å². The molecule has 0 aliphatic heterocycles. The van der Waals surface area contributed by atoms with Gasteiger partial charge in [0.2, 0.25) is 0 Å². The molecule has 0 aromatic carbocycles. The average Bonchev–Trinajstić information content (AvgIpc) is 2.27. The highest BCUT2D eigenvalue weighted by atomic mass is 35.5. The monoisotopic (exact) mass is 280 g/mol. The number of nitrogens with two attached hydrogens (primary N) is 1. The summed E-state index contributed by atoms with van der Waals surface area (Å²) in [5.41, 5.74) is 4.88. The Bertz CT molecular complexity index is 179. The standard InChI is InChI=1S/C5H11Cl.C5H9NO2.C3H9N/c1-2-3-4-5-6;1-2-8-5(7)3-4-6;1-4(2)3/h2-5H2,1H3;3-4H,2,6H2,1H3;1-3H3. The van der Waals surface area contributed by atoms with Crippen molar-refractivity contribution in [1.82, 2.24) is 4.90 Å². The first-order valence-corrected chi connectivity index (χ1v) is 6.71. The van der Waals surface area contributed by atoms with Gasteiger partial charge in [-0.15, -0.1) is 11.6 Å². The third kappa shape index (κ3) is 45.5. The number of carbonyl (C=O) groups is 1. The first-order chi connectivity index (χ1) is 8.45. The van der Waals surface area contributed by atoms with Gasteiger partial charge in [-0.05, 0) is 34.5 Å². The molecule has 0 saturated heterocycles. The first-order valence-electron chi connectivity index (χ1n) is 6.18. The number of esters is 1. The summed E-state index contributed by atoms with van der Waals surface area (Å²) >= 11 is 5.38. The fourth-order valence-electron chi connectivity index (χ4n) is 0.613. The van der Waals surface area contributed by atoms with Gasteiger partial charge in [0, 0.05) is 18.2 Å². The van der Waals surface area contributed by atoms with Crippen molar-refractivity contribution in [3.8, 4) is 0 Å². The zero-order chi connectivity index (χ0) is 14.8. The van der Waals surface area contributed by atoms with Crippen molar-refractivity contribution in [3.63, 3.8) is 0 Å². The van der Waals surface area contributed by atoms with E-state index in [0.29, 0.717) is 6.61 Å². The highest BCUT2D eigenvalue weighted by Gasteiger charge is 1.88. The molecule has 0 bridgehead atoms. The van der Waals surface area contributed by atoms with Gasteiger partial charge in [-0.3, -0.25) is 0 Å². The SMILES string of the molecule is CCCCCCl.CCOC(=O)C=CN.CN(C)C. The van der Waals surface area contributed by atoms with Crippen molar-refractivity contribution in [2.24, 2.45) is 5.73 Å². The molecule has 0 atom stereocenters. The van der Waals surface area contributed by atoms with Crippen molar-refractivity contribution >= 4 is 17.6 Å². The van der Waals surface area contributed by atoms with Gasteiger partial charge in [0.05, 0.1) is 6.61 Å². The fraction of sp³-hybridized carbons (Fsp3) is 0.769. The molecule has 18 heavy (non-hydrogen) atoms. The molecule has 0 unspecified atom stereocenters. The molecule has 0 heterocycles. The second kappa shape index (κ2) is 21.5. The molecule has 2 N–H and O–H groups in total. The van der Waals surface area contributed by atoms with E-state index < -0.39 is 5.97 Å². The van der Waals surface area contributed by atoms with Gasteiger partial charge in [0.15, 0.2) is 0 Å². The van der Waals surface area contributed by atoms with E-state index in [1.807, 2.05) is 26.0 Å². The lowest BCUT2D eigenvalue weighted by Crippen LogP contribution is -1.99. The second-order valence-corrected chi connectivity index (χ2v) is 4.23. The highest BCUT2D eigenvalue weighted by molar-refractivity contribution is 6.17. The quantitative estimate of drug-likeness (QED) is 0.364. The van der Waals surface area contributed by atoms with Crippen molar-refractivity contribution < 1.29 is 9.53 Å². The fourth-order valence-corrected chi connectivity index (χ4v) is 0.802. The summed E-state index contributed by atoms with van der Waals surface area (Å²) in [6.45, 7) is 4.30. The zero-order valence-electron chi connectivity index (χ0n) is 12.4. The topological polar surface area (TPSA) is 55.6 Å². The van der Waals surface area contributed by atoms with Gasteiger partial charge in [-0.25, -0.2) is 4.79 Å². The maximum absolute atomic E-state index is 10.3. The minimum absolute atomic E-state index is 0.392. The summed E-state index contributed by atoms with van der Waals surface area (Å²) in [7, 11) is 6.00. The number of unbranched alkanes of at least 4 members (excludes halogenated alkanes) is 2. The smallest absolute Gasteiger partial charge is 0.332 e. The van der Waals surface area contributed by atoms with E-state index in [4.69, 9.17) is 17.3 Å². The summed E-state index contributed by atoms with van der Waals surface area (Å²) in [4.78, 5) is 12.3. The van der Waals surface area contributed by atoms with E-state index in [1.54, 1.807) is 6.92 Å². The largest absolute Gasteiger partial charge is 0.463 e. The van der Waals surface area contributed by atoms with Crippen molar-refractivity contribution in [2.75, 3.05) is 33.6 Å². The normalized spacial score (nSPS) is 9.28. The number of alkyl halides is 1. The maximum atomic E-state index is 10.3. The molecule has 0 fully saturated rings. The van der Waals surface area contributed by atoms with Gasteiger partial charge < -0.3 is 15.4 Å². The number of hydrogen-bond donors (Lipinski definition) is 1. The molecule has 0 aromatic heterocycles. The minimum Gasteiger partial charge on any atom is -0.463 e. The Hall–Kier alpha value is -0.740. The predicted octanol–water partition coefficient (Wildman–Crippen LogP) is 2.62. The van der Waals surface area contributed by atoms with Gasteiger partial charge >= 0.3 is 5.97 Å². The van der Waals surface area contributed by atoms with E-state index in [2.05, 4.69) is 11.7 Å². The lowest BCUT2D eigenvalue weighted by atomic mass is 10.3. The number of hydrogen-bond acceptors (Lipinski definition) is 4. The van der Waals surface area contributed by atoms with Crippen LogP contribution in [0.25, 0.3) is 0 Å². The van der Waals surface area contributed by atoms with Crippen LogP contribution >= 0.6 is 11.6 Å². The molecule has 0 radical (unpaired) electrons. The third-order valence-corrected chi connectivity index (χ3v) is 1.52. The summed E-state index contributed by atoms with van der Waals surface area (Å²) in [6, 6.07) is 0. The highest BCUT2D eigenvalue weighted by Crippen LogP contribution is 1.93. The molecular weight excluding hydrogens is 252 g/mol. The number of rotatable bonds is 5. The molecule has 4 nitrogen and oxygen atoms in total. The van der Waals surface area contributed by atoms with E-state index in [9.17, 15) is 4.79 Å². The molecule has 0 aromatic rings. The Labute approximate surface area is 117 Å². The second-order valence-electron chi connectivity index (χ2n) is 3.85. The molecule has 0 saturated carbocycles. The van der Waals surface area contributed by atoms with Gasteiger partial charge in [-0.2, -0.15) is 0 Å². The zero-order valence-corrected chi connectivity index (χ0v) is 13.2. The molecule has 0 aliphatic carbocycles. The Morgan fingerprint density at radius 3 is 2.00 bits per heavy atom. The Morgan fingerprint density at radius 2 is 1.78 bits per heavy atom. The van der Waals surface area contributed by atoms with Gasteiger partial charge in [0.25, 0.3) is 0 Å². The van der Waals surface area contributed by atoms with Crippen molar-refractivity contribution in [2.45, 2.75) is 33.1 Å². The predicted molar refractivity (Wildman–Crippen MR) is 79.8 cm³/mol. The van der Waals surface area contributed by atoms with Crippen LogP contribution in [-0.4, -0.2) is 44.5 Å². The Morgan fingerprint density at radius 1 is 1.28 bits per heavy atom. The molecule has 0 spiro atoms. The van der Waals surface area contributed by atoms with Crippen LogP contribution in [-0.2, 0) is 9.53 Å². The van der Waals surface area contributed by atoms with Crippen LogP contribution < -0.4 is 5.73 Å². The van der Waals surface area contributed by atoms with Crippen LogP contribution in [0.15, 0.2) is 12.3 Å². The first kappa shape index (κ1) is 22.4. The number of carbonyl (C=O) groups excluding carboxylic acids is 1. The third-order valence-electron chi connectivity index (χ3n) is 1.26. The summed E-state index contributed by atoms with van der Waals surface area (Å²) < 4.78 is 4.48. The van der Waals surface area contributed by atoms with Crippen molar-refractivity contribution in [1.29, 1.82) is 0 Å². The lowest BCUT2D eigenvalue weighted by Gasteiger charge is -1.91. The lowest BCUT2D eigenvalue weighted by molar-refractivity contribution is -0.137. The minimum atomic E-state index is -0.394. The maximum Gasteiger partial charge on any atom is 0.332 e. The molecule has 0 amide bonds. The van der Waals surface area contributed by atoms with E-state index >= 15 is 0 Å². The van der Waals surface area contributed by atoms with E-state index in [0.717, 1.165) is 12.1 Å². The van der Waals surface area contributed by atoms with Crippen molar-refractivity contribution in [3.05, 3.63) is 12.3 Å². The summed E-state index contributed by atoms with van der Waals surface area (Å²) in [5.74, 6) is 0.434. The van der Waals surface area contributed by atoms with Crippen LogP contribution in [0.5, 0.6) is 0 Å². The summed E-state index contributed by atoms with van der Waals surface area (Å²) in [5, 5.41) is 0. The summed E-state index contributed by atoms with van der Waals surface area (Å²) in [6.07, 6.45) is 6.05. The number of ether oxygens (including phenoxy) is 1. The molecule has 0 aliphatic rings. The van der Waals surface area contributed by atoms with E-state index in [1.165, 1.54) is 25.3 Å².